The van der Waals surface area contributed by atoms with Gasteiger partial charge in [-0.1, -0.05) is 26.0 Å². The zero-order valence-corrected chi connectivity index (χ0v) is 15.7. The first-order valence-electron chi connectivity index (χ1n) is 8.58. The highest BCUT2D eigenvalue weighted by atomic mass is 32.2. The number of ether oxygens (including phenoxy) is 1. The van der Waals surface area contributed by atoms with Gasteiger partial charge in [0.2, 0.25) is 0 Å². The highest BCUT2D eigenvalue weighted by Gasteiger charge is 2.39. The molecule has 0 radical (unpaired) electrons. The molecule has 2 aromatic rings. The third kappa shape index (κ3) is 3.19. The normalized spacial score (nSPS) is 18.3. The minimum atomic E-state index is -3.54. The van der Waals surface area contributed by atoms with E-state index in [-0.39, 0.29) is 6.04 Å². The van der Waals surface area contributed by atoms with E-state index in [2.05, 4.69) is 4.57 Å². The molecule has 1 aromatic carbocycles. The Hall–Kier alpha value is -1.83. The molecule has 1 aliphatic rings. The Bertz CT molecular complexity index is 810. The third-order valence-corrected chi connectivity index (χ3v) is 6.91. The van der Waals surface area contributed by atoms with Crippen molar-refractivity contribution in [3.63, 3.8) is 0 Å². The van der Waals surface area contributed by atoms with Crippen molar-refractivity contribution in [1.82, 2.24) is 13.2 Å². The van der Waals surface area contributed by atoms with Gasteiger partial charge in [-0.3, -0.25) is 0 Å². The minimum absolute atomic E-state index is 0.333. The summed E-state index contributed by atoms with van der Waals surface area (Å²) in [7, 11) is -1.91. The van der Waals surface area contributed by atoms with E-state index >= 15 is 0 Å². The van der Waals surface area contributed by atoms with Gasteiger partial charge < -0.3 is 9.30 Å². The molecule has 0 saturated carbocycles. The largest absolute Gasteiger partial charge is 0.497 e. The lowest BCUT2D eigenvalue weighted by Crippen LogP contribution is -2.49. The van der Waals surface area contributed by atoms with Crippen molar-refractivity contribution in [2.24, 2.45) is 0 Å². The van der Waals surface area contributed by atoms with Gasteiger partial charge >= 0.3 is 0 Å². The van der Waals surface area contributed by atoms with Gasteiger partial charge in [0.15, 0.2) is 0 Å². The Kier molecular flexibility index (Phi) is 5.17. The predicted molar refractivity (Wildman–Crippen MR) is 97.8 cm³/mol. The van der Waals surface area contributed by atoms with Crippen LogP contribution >= 0.6 is 0 Å². The number of aromatic nitrogens is 1. The third-order valence-electron chi connectivity index (χ3n) is 4.75. The average molecular weight is 363 g/mol. The lowest BCUT2D eigenvalue weighted by Gasteiger charge is -2.38. The number of methoxy groups -OCH3 is 1. The standard InChI is InChI=1S/C18H25N3O3S/c1-4-20(5-2)25(22,23)21-14-13-19-12-6-7-17(19)18(21)15-8-10-16(24-3)11-9-15/h6-12,18H,4-5,13-14H2,1-3H3. The molecule has 0 N–H and O–H groups in total. The molecule has 0 spiro atoms. The van der Waals surface area contributed by atoms with Crippen molar-refractivity contribution in [3.8, 4) is 5.75 Å². The summed E-state index contributed by atoms with van der Waals surface area (Å²) in [6, 6.07) is 11.3. The molecule has 1 aromatic heterocycles. The lowest BCUT2D eigenvalue weighted by atomic mass is 10.0. The second-order valence-electron chi connectivity index (χ2n) is 6.00. The Morgan fingerprint density at radius 3 is 2.40 bits per heavy atom. The van der Waals surface area contributed by atoms with Crippen LogP contribution in [0.1, 0.15) is 31.1 Å². The molecular formula is C18H25N3O3S. The SMILES string of the molecule is CCN(CC)S(=O)(=O)N1CCn2cccc2C1c1ccc(OC)cc1. The minimum Gasteiger partial charge on any atom is -0.497 e. The maximum absolute atomic E-state index is 13.2. The van der Waals surface area contributed by atoms with Gasteiger partial charge in [-0.05, 0) is 29.8 Å². The van der Waals surface area contributed by atoms with Crippen LogP contribution in [0.3, 0.4) is 0 Å². The highest BCUT2D eigenvalue weighted by molar-refractivity contribution is 7.86. The van der Waals surface area contributed by atoms with Crippen molar-refractivity contribution in [2.45, 2.75) is 26.4 Å². The number of nitrogens with zero attached hydrogens (tertiary/aromatic N) is 3. The molecule has 0 aliphatic carbocycles. The summed E-state index contributed by atoms with van der Waals surface area (Å²) in [6.45, 7) is 5.79. The zero-order chi connectivity index (χ0) is 18.0. The molecule has 0 saturated heterocycles. The average Bonchev–Trinajstić information content (AvgIpc) is 3.10. The van der Waals surface area contributed by atoms with E-state index < -0.39 is 10.2 Å². The summed E-state index contributed by atoms with van der Waals surface area (Å²) in [5.41, 5.74) is 1.93. The van der Waals surface area contributed by atoms with E-state index in [4.69, 9.17) is 4.74 Å². The molecule has 1 unspecified atom stereocenters. The summed E-state index contributed by atoms with van der Waals surface area (Å²) in [5.74, 6) is 0.757. The maximum atomic E-state index is 13.2. The number of benzene rings is 1. The van der Waals surface area contributed by atoms with Gasteiger partial charge in [-0.25, -0.2) is 0 Å². The maximum Gasteiger partial charge on any atom is 0.282 e. The van der Waals surface area contributed by atoms with Crippen LogP contribution < -0.4 is 4.74 Å². The molecule has 7 heteroatoms. The van der Waals surface area contributed by atoms with Crippen molar-refractivity contribution in [3.05, 3.63) is 53.9 Å². The van der Waals surface area contributed by atoms with Gasteiger partial charge in [0.05, 0.1) is 13.2 Å². The van der Waals surface area contributed by atoms with E-state index in [0.717, 1.165) is 17.0 Å². The molecule has 1 atom stereocenters. The van der Waals surface area contributed by atoms with Crippen molar-refractivity contribution < 1.29 is 13.2 Å². The quantitative estimate of drug-likeness (QED) is 0.792. The van der Waals surface area contributed by atoms with Crippen molar-refractivity contribution in [1.29, 1.82) is 0 Å². The van der Waals surface area contributed by atoms with Crippen LogP contribution in [0.15, 0.2) is 42.6 Å². The molecule has 0 fully saturated rings. The van der Waals surface area contributed by atoms with E-state index in [1.807, 2.05) is 56.4 Å². The highest BCUT2D eigenvalue weighted by Crippen LogP contribution is 2.35. The van der Waals surface area contributed by atoms with Crippen molar-refractivity contribution in [2.75, 3.05) is 26.7 Å². The first-order valence-corrected chi connectivity index (χ1v) is 9.98. The van der Waals surface area contributed by atoms with Gasteiger partial charge in [-0.15, -0.1) is 0 Å². The van der Waals surface area contributed by atoms with Crippen molar-refractivity contribution >= 4 is 10.2 Å². The summed E-state index contributed by atoms with van der Waals surface area (Å²) in [5, 5.41) is 0. The smallest absolute Gasteiger partial charge is 0.282 e. The molecule has 25 heavy (non-hydrogen) atoms. The summed E-state index contributed by atoms with van der Waals surface area (Å²) < 4.78 is 36.9. The molecule has 6 nitrogen and oxygen atoms in total. The number of rotatable bonds is 6. The molecular weight excluding hydrogens is 338 g/mol. The number of hydrogen-bond donors (Lipinski definition) is 0. The van der Waals surface area contributed by atoms with Gasteiger partial charge in [-0.2, -0.15) is 17.0 Å². The van der Waals surface area contributed by atoms with Crippen LogP contribution in [-0.4, -0.2) is 48.3 Å². The zero-order valence-electron chi connectivity index (χ0n) is 14.9. The number of fused-ring (bicyclic) bond motifs is 1. The Morgan fingerprint density at radius 1 is 1.12 bits per heavy atom. The lowest BCUT2D eigenvalue weighted by molar-refractivity contribution is 0.271. The second kappa shape index (κ2) is 7.19. The molecule has 0 amide bonds. The van der Waals surface area contributed by atoms with Crippen LogP contribution in [0.4, 0.5) is 0 Å². The molecule has 2 heterocycles. The van der Waals surface area contributed by atoms with Crippen LogP contribution in [-0.2, 0) is 16.8 Å². The summed E-state index contributed by atoms with van der Waals surface area (Å²) in [6.07, 6.45) is 2.01. The predicted octanol–water partition coefficient (Wildman–Crippen LogP) is 2.49. The van der Waals surface area contributed by atoms with E-state index in [1.54, 1.807) is 11.4 Å². The number of hydrogen-bond acceptors (Lipinski definition) is 3. The Morgan fingerprint density at radius 2 is 1.80 bits per heavy atom. The van der Waals surface area contributed by atoms with E-state index in [1.165, 1.54) is 4.31 Å². The molecule has 0 bridgehead atoms. The van der Waals surface area contributed by atoms with Gasteiger partial charge in [0.25, 0.3) is 10.2 Å². The molecule has 1 aliphatic heterocycles. The fraction of sp³-hybridized carbons (Fsp3) is 0.444. The summed E-state index contributed by atoms with van der Waals surface area (Å²) >= 11 is 0. The topological polar surface area (TPSA) is 54.8 Å². The van der Waals surface area contributed by atoms with Gasteiger partial charge in [0, 0.05) is 38.1 Å². The monoisotopic (exact) mass is 363 g/mol. The van der Waals surface area contributed by atoms with Crippen LogP contribution in [0.5, 0.6) is 5.75 Å². The van der Waals surface area contributed by atoms with Gasteiger partial charge in [0.1, 0.15) is 5.75 Å². The van der Waals surface area contributed by atoms with Crippen LogP contribution in [0, 0.1) is 0 Å². The first-order chi connectivity index (χ1) is 12.0. The second-order valence-corrected chi connectivity index (χ2v) is 7.89. The summed E-state index contributed by atoms with van der Waals surface area (Å²) in [4.78, 5) is 0. The fourth-order valence-corrected chi connectivity index (χ4v) is 5.19. The molecule has 3 rings (SSSR count). The van der Waals surface area contributed by atoms with Crippen LogP contribution in [0.2, 0.25) is 0 Å². The van der Waals surface area contributed by atoms with E-state index in [9.17, 15) is 8.42 Å². The Balaban J connectivity index is 2.08. The van der Waals surface area contributed by atoms with Crippen LogP contribution in [0.25, 0.3) is 0 Å². The first kappa shape index (κ1) is 18.0. The fourth-order valence-electron chi connectivity index (χ4n) is 3.43. The Labute approximate surface area is 149 Å². The molecule has 136 valence electrons. The van der Waals surface area contributed by atoms with E-state index in [0.29, 0.717) is 26.2 Å².